The molecule has 9 nitrogen and oxygen atoms in total. The number of ether oxygens (including phenoxy) is 1. The molecule has 33 heavy (non-hydrogen) atoms. The molecule has 186 valence electrons. The number of hydrogen-bond acceptors (Lipinski definition) is 8. The van der Waals surface area contributed by atoms with E-state index < -0.39 is 28.7 Å². The van der Waals surface area contributed by atoms with Crippen LogP contribution in [0.1, 0.15) is 58.6 Å². The zero-order chi connectivity index (χ0) is 25.2. The van der Waals surface area contributed by atoms with Crippen molar-refractivity contribution < 1.29 is 34.6 Å². The number of rotatable bonds is 13. The molecule has 0 aromatic heterocycles. The van der Waals surface area contributed by atoms with E-state index in [9.17, 15) is 19.6 Å². The second-order valence-corrected chi connectivity index (χ2v) is 9.90. The number of thioether (sulfide) groups is 1. The predicted octanol–water partition coefficient (Wildman–Crippen LogP) is 2.03. The normalized spacial score (nSPS) is 14.5. The molecule has 0 bridgehead atoms. The number of carbonyl (C=O) groups is 3. The molecule has 0 heterocycles. The van der Waals surface area contributed by atoms with Gasteiger partial charge in [-0.05, 0) is 51.2 Å². The van der Waals surface area contributed by atoms with Crippen LogP contribution < -0.4 is 10.7 Å². The molecule has 0 saturated heterocycles. The fourth-order valence-electron chi connectivity index (χ4n) is 2.93. The number of quaternary nitrogens is 1. The summed E-state index contributed by atoms with van der Waals surface area (Å²) >= 11 is 0.827. The summed E-state index contributed by atoms with van der Waals surface area (Å²) in [6, 6.07) is 6.79. The van der Waals surface area contributed by atoms with Gasteiger partial charge in [0.25, 0.3) is 0 Å². The van der Waals surface area contributed by atoms with Crippen molar-refractivity contribution in [3.8, 4) is 0 Å². The molecule has 0 aliphatic rings. The standard InChI is InChI=1S/C23H36N2O7S/c1-7-31-21(27)19(13-33-22(28)23(5,6)14-32-25(29)30)24-20(26)16(4)18-10-8-17(9-11-18)12-15(2)3/h8-11,15-16,19,25,29H,7,12-14H2,1-6H3,(H,24,26)/t16-,19-/m0/s1. The summed E-state index contributed by atoms with van der Waals surface area (Å²) < 4.78 is 5.06. The number of nitrogens with one attached hydrogen (secondary N) is 2. The van der Waals surface area contributed by atoms with Gasteiger partial charge in [-0.1, -0.05) is 55.3 Å². The molecule has 10 heteroatoms. The van der Waals surface area contributed by atoms with Gasteiger partial charge in [0.15, 0.2) is 5.12 Å². The minimum Gasteiger partial charge on any atom is -0.566 e. The van der Waals surface area contributed by atoms with Crippen LogP contribution in [0.3, 0.4) is 0 Å². The Kier molecular flexibility index (Phi) is 12.0. The smallest absolute Gasteiger partial charge is 0.329 e. The van der Waals surface area contributed by atoms with Crippen molar-refractivity contribution in [2.45, 2.75) is 59.9 Å². The van der Waals surface area contributed by atoms with Gasteiger partial charge in [0.1, 0.15) is 12.6 Å². The molecule has 3 N–H and O–H groups in total. The molecule has 0 radical (unpaired) electrons. The lowest BCUT2D eigenvalue weighted by atomic mass is 9.96. The van der Waals surface area contributed by atoms with Gasteiger partial charge in [0.2, 0.25) is 5.91 Å². The maximum Gasteiger partial charge on any atom is 0.329 e. The number of hydrogen-bond donors (Lipinski definition) is 3. The van der Waals surface area contributed by atoms with Gasteiger partial charge in [-0.15, -0.1) is 0 Å². The van der Waals surface area contributed by atoms with E-state index in [1.165, 1.54) is 5.56 Å². The lowest BCUT2D eigenvalue weighted by Crippen LogP contribution is -3.03. The third-order valence-corrected chi connectivity index (χ3v) is 6.21. The van der Waals surface area contributed by atoms with Crippen molar-refractivity contribution in [2.24, 2.45) is 11.3 Å². The van der Waals surface area contributed by atoms with Gasteiger partial charge in [-0.25, -0.2) is 4.79 Å². The van der Waals surface area contributed by atoms with Crippen LogP contribution in [0, 0.1) is 16.5 Å². The SMILES string of the molecule is CCOC(=O)[C@H](CSC(=O)C(C)(C)CO[NH+]([O-])O)NC(=O)[C@@H](C)c1ccc(CC(C)C)cc1. The number of carbonyl (C=O) groups excluding carboxylic acids is 3. The molecule has 1 unspecified atom stereocenters. The van der Waals surface area contributed by atoms with Crippen molar-refractivity contribution >= 4 is 28.8 Å². The monoisotopic (exact) mass is 484 g/mol. The highest BCUT2D eigenvalue weighted by molar-refractivity contribution is 8.13. The molecular weight excluding hydrogens is 448 g/mol. The largest absolute Gasteiger partial charge is 0.566 e. The van der Waals surface area contributed by atoms with E-state index >= 15 is 0 Å². The molecule has 1 rings (SSSR count). The first-order valence-electron chi connectivity index (χ1n) is 11.0. The van der Waals surface area contributed by atoms with Gasteiger partial charge in [-0.3, -0.25) is 9.59 Å². The molecule has 0 saturated carbocycles. The highest BCUT2D eigenvalue weighted by Gasteiger charge is 2.33. The van der Waals surface area contributed by atoms with Crippen LogP contribution in [0.25, 0.3) is 0 Å². The Morgan fingerprint density at radius 2 is 1.79 bits per heavy atom. The first kappa shape index (κ1) is 29.1. The summed E-state index contributed by atoms with van der Waals surface area (Å²) in [4.78, 5) is 42.3. The van der Waals surface area contributed by atoms with Crippen LogP contribution >= 0.6 is 11.8 Å². The van der Waals surface area contributed by atoms with Crippen LogP contribution in [-0.2, 0) is 30.4 Å². The first-order valence-corrected chi connectivity index (χ1v) is 11.9. The molecule has 0 fully saturated rings. The van der Waals surface area contributed by atoms with Gasteiger partial charge in [0.05, 0.1) is 17.9 Å². The average Bonchev–Trinajstić information content (AvgIpc) is 2.74. The van der Waals surface area contributed by atoms with E-state index in [0.29, 0.717) is 5.92 Å². The molecular formula is C23H36N2O7S. The fourth-order valence-corrected chi connectivity index (χ4v) is 3.92. The van der Waals surface area contributed by atoms with Gasteiger partial charge in [0, 0.05) is 5.75 Å². The lowest BCUT2D eigenvalue weighted by molar-refractivity contribution is -1.21. The maximum atomic E-state index is 12.8. The maximum absolute atomic E-state index is 12.8. The van der Waals surface area contributed by atoms with Gasteiger partial charge < -0.3 is 15.3 Å². The molecule has 1 aromatic carbocycles. The molecule has 1 aromatic rings. The lowest BCUT2D eigenvalue weighted by Gasteiger charge is -2.24. The van der Waals surface area contributed by atoms with Crippen LogP contribution in [0.15, 0.2) is 24.3 Å². The Bertz CT molecular complexity index is 782. The van der Waals surface area contributed by atoms with E-state index in [-0.39, 0.29) is 30.0 Å². The highest BCUT2D eigenvalue weighted by Crippen LogP contribution is 2.25. The molecule has 0 aliphatic carbocycles. The zero-order valence-electron chi connectivity index (χ0n) is 20.2. The highest BCUT2D eigenvalue weighted by atomic mass is 32.2. The predicted molar refractivity (Wildman–Crippen MR) is 125 cm³/mol. The summed E-state index contributed by atoms with van der Waals surface area (Å²) in [6.45, 7) is 10.6. The third kappa shape index (κ3) is 10.2. The van der Waals surface area contributed by atoms with Crippen molar-refractivity contribution in [1.82, 2.24) is 5.32 Å². The van der Waals surface area contributed by atoms with Crippen molar-refractivity contribution in [1.29, 1.82) is 0 Å². The Morgan fingerprint density at radius 3 is 2.30 bits per heavy atom. The van der Waals surface area contributed by atoms with E-state index in [1.807, 2.05) is 24.3 Å². The first-order chi connectivity index (χ1) is 15.4. The van der Waals surface area contributed by atoms with E-state index in [2.05, 4.69) is 24.0 Å². The third-order valence-electron chi connectivity index (χ3n) is 4.89. The average molecular weight is 485 g/mol. The number of esters is 1. The zero-order valence-corrected chi connectivity index (χ0v) is 21.0. The summed E-state index contributed by atoms with van der Waals surface area (Å²) in [5.41, 5.74) is 0.922. The molecule has 0 spiro atoms. The topological polar surface area (TPSA) is 129 Å². The molecule has 1 amide bonds. The van der Waals surface area contributed by atoms with Crippen molar-refractivity contribution in [3.63, 3.8) is 0 Å². The minimum absolute atomic E-state index is 0.0417. The Morgan fingerprint density at radius 1 is 1.18 bits per heavy atom. The minimum atomic E-state index is -1.47. The van der Waals surface area contributed by atoms with Crippen LogP contribution in [0.2, 0.25) is 0 Å². The molecule has 3 atom stereocenters. The number of amides is 1. The summed E-state index contributed by atoms with van der Waals surface area (Å²) in [5, 5.41) is 20.1. The Hall–Kier alpha value is -1.98. The van der Waals surface area contributed by atoms with Crippen LogP contribution in [0.4, 0.5) is 0 Å². The molecule has 0 aliphatic heterocycles. The summed E-state index contributed by atoms with van der Waals surface area (Å²) in [6.07, 6.45) is 0.949. The Balaban J connectivity index is 2.81. The van der Waals surface area contributed by atoms with Crippen molar-refractivity contribution in [2.75, 3.05) is 19.0 Å². The van der Waals surface area contributed by atoms with Gasteiger partial charge in [-0.2, -0.15) is 10.0 Å². The van der Waals surface area contributed by atoms with Crippen LogP contribution in [0.5, 0.6) is 0 Å². The summed E-state index contributed by atoms with van der Waals surface area (Å²) in [7, 11) is 0. The number of benzene rings is 1. The van der Waals surface area contributed by atoms with Crippen LogP contribution in [-0.4, -0.2) is 47.2 Å². The Labute approximate surface area is 199 Å². The second kappa shape index (κ2) is 13.7. The van der Waals surface area contributed by atoms with E-state index in [1.54, 1.807) is 27.7 Å². The van der Waals surface area contributed by atoms with Gasteiger partial charge >= 0.3 is 5.97 Å². The quantitative estimate of drug-likeness (QED) is 0.286. The van der Waals surface area contributed by atoms with E-state index in [0.717, 1.165) is 23.7 Å². The van der Waals surface area contributed by atoms with Crippen molar-refractivity contribution in [3.05, 3.63) is 40.6 Å². The fraction of sp³-hybridized carbons (Fsp3) is 0.609. The van der Waals surface area contributed by atoms with E-state index in [4.69, 9.17) is 9.94 Å². The summed E-state index contributed by atoms with van der Waals surface area (Å²) in [5.74, 6) is -1.00. The second-order valence-electron chi connectivity index (χ2n) is 8.91.